The first kappa shape index (κ1) is 21.4. The Hall–Kier alpha value is -2.85. The number of primary amides is 1. The van der Waals surface area contributed by atoms with Crippen LogP contribution in [0.25, 0.3) is 10.9 Å². The number of halogens is 2. The van der Waals surface area contributed by atoms with Crippen molar-refractivity contribution >= 4 is 51.4 Å². The zero-order valence-corrected chi connectivity index (χ0v) is 18.1. The van der Waals surface area contributed by atoms with Crippen LogP contribution in [0.5, 0.6) is 0 Å². The van der Waals surface area contributed by atoms with E-state index in [0.29, 0.717) is 15.2 Å². The Kier molecular flexibility index (Phi) is 5.76. The fourth-order valence-corrected chi connectivity index (χ4v) is 5.10. The summed E-state index contributed by atoms with van der Waals surface area (Å²) in [4.78, 5) is 43.8. The zero-order chi connectivity index (χ0) is 22.3. The van der Waals surface area contributed by atoms with E-state index in [9.17, 15) is 18.8 Å². The number of aryl methyl sites for hydroxylation is 1. The van der Waals surface area contributed by atoms with Crippen LogP contribution in [0.2, 0.25) is 4.34 Å². The highest BCUT2D eigenvalue weighted by molar-refractivity contribution is 7.16. The van der Waals surface area contributed by atoms with E-state index in [1.54, 1.807) is 12.1 Å². The summed E-state index contributed by atoms with van der Waals surface area (Å²) < 4.78 is 16.1. The SMILES string of the molecule is Cc1sc(Cl)cc1CC(=O)[C@@H]1C[C@@H](F)CN1C(=O)Cn1nc(C(N)=O)c2ccncc21. The molecule has 31 heavy (non-hydrogen) atoms. The topological polar surface area (TPSA) is 111 Å². The number of nitrogens with two attached hydrogens (primary N) is 1. The number of nitrogens with zero attached hydrogens (tertiary/aromatic N) is 4. The minimum Gasteiger partial charge on any atom is -0.364 e. The molecule has 2 N–H and O–H groups in total. The van der Waals surface area contributed by atoms with Gasteiger partial charge in [0.15, 0.2) is 11.5 Å². The molecule has 0 aliphatic carbocycles. The van der Waals surface area contributed by atoms with Gasteiger partial charge in [-0.2, -0.15) is 5.10 Å². The van der Waals surface area contributed by atoms with E-state index in [0.717, 1.165) is 10.4 Å². The minimum atomic E-state index is -1.29. The maximum Gasteiger partial charge on any atom is 0.269 e. The maximum absolute atomic E-state index is 14.2. The first-order valence-corrected chi connectivity index (χ1v) is 10.8. The van der Waals surface area contributed by atoms with Gasteiger partial charge in [0.25, 0.3) is 5.91 Å². The van der Waals surface area contributed by atoms with Crippen LogP contribution in [0.3, 0.4) is 0 Å². The largest absolute Gasteiger partial charge is 0.364 e. The molecule has 11 heteroatoms. The number of hydrogen-bond acceptors (Lipinski definition) is 6. The number of thiophene rings is 1. The Morgan fingerprint density at radius 3 is 2.84 bits per heavy atom. The van der Waals surface area contributed by atoms with E-state index in [1.807, 2.05) is 6.92 Å². The van der Waals surface area contributed by atoms with Gasteiger partial charge in [0.2, 0.25) is 5.91 Å². The second-order valence-corrected chi connectivity index (χ2v) is 9.32. The van der Waals surface area contributed by atoms with Gasteiger partial charge in [-0.3, -0.25) is 24.0 Å². The van der Waals surface area contributed by atoms with Crippen molar-refractivity contribution in [1.29, 1.82) is 0 Å². The van der Waals surface area contributed by atoms with Crippen LogP contribution in [0.15, 0.2) is 24.5 Å². The van der Waals surface area contributed by atoms with Crippen LogP contribution in [0.1, 0.15) is 27.3 Å². The number of carbonyl (C=O) groups excluding carboxylic acids is 3. The molecular formula is C20H19ClFN5O3S. The number of Topliss-reactive ketones (excluding diaryl/α,β-unsaturated/α-hetero) is 1. The van der Waals surface area contributed by atoms with Crippen molar-refractivity contribution in [3.8, 4) is 0 Å². The van der Waals surface area contributed by atoms with Crippen molar-refractivity contribution in [3.05, 3.63) is 45.0 Å². The number of amides is 2. The number of aromatic nitrogens is 3. The standard InChI is InChI=1S/C20H19ClFN5O3S/c1-10-11(5-17(21)31-10)4-16(28)14-6-12(22)8-26(14)18(29)9-27-15-7-24-3-2-13(15)19(25-27)20(23)30/h2-3,5,7,12,14H,4,6,8-9H2,1H3,(H2,23,30)/t12-,14+/m1/s1. The van der Waals surface area contributed by atoms with Gasteiger partial charge < -0.3 is 10.6 Å². The molecule has 3 aromatic heterocycles. The number of pyridine rings is 1. The van der Waals surface area contributed by atoms with Gasteiger partial charge in [0.1, 0.15) is 12.7 Å². The molecular weight excluding hydrogens is 445 g/mol. The summed E-state index contributed by atoms with van der Waals surface area (Å²) in [6, 6.07) is 2.44. The molecule has 1 aliphatic heterocycles. The second-order valence-electron chi connectivity index (χ2n) is 7.43. The van der Waals surface area contributed by atoms with Crippen molar-refractivity contribution in [1.82, 2.24) is 19.7 Å². The second kappa shape index (κ2) is 8.35. The van der Waals surface area contributed by atoms with Crippen LogP contribution in [0, 0.1) is 6.92 Å². The summed E-state index contributed by atoms with van der Waals surface area (Å²) in [5.41, 5.74) is 6.63. The summed E-state index contributed by atoms with van der Waals surface area (Å²) in [6.45, 7) is 1.43. The van der Waals surface area contributed by atoms with Crippen LogP contribution in [0.4, 0.5) is 4.39 Å². The molecule has 0 saturated carbocycles. The van der Waals surface area contributed by atoms with Crippen LogP contribution < -0.4 is 5.73 Å². The summed E-state index contributed by atoms with van der Waals surface area (Å²) >= 11 is 7.38. The number of hydrogen-bond donors (Lipinski definition) is 1. The molecule has 0 spiro atoms. The average molecular weight is 464 g/mol. The molecule has 162 valence electrons. The lowest BCUT2D eigenvalue weighted by atomic mass is 10.0. The highest BCUT2D eigenvalue weighted by atomic mass is 35.5. The first-order chi connectivity index (χ1) is 14.7. The molecule has 1 fully saturated rings. The zero-order valence-electron chi connectivity index (χ0n) is 16.5. The van der Waals surface area contributed by atoms with Crippen LogP contribution in [-0.4, -0.2) is 56.0 Å². The lowest BCUT2D eigenvalue weighted by molar-refractivity contribution is -0.138. The van der Waals surface area contributed by atoms with Crippen molar-refractivity contribution in [3.63, 3.8) is 0 Å². The van der Waals surface area contributed by atoms with Crippen molar-refractivity contribution in [2.24, 2.45) is 5.73 Å². The number of alkyl halides is 1. The molecule has 2 amide bonds. The molecule has 1 aliphatic rings. The van der Waals surface area contributed by atoms with Crippen molar-refractivity contribution in [2.45, 2.75) is 38.5 Å². The lowest BCUT2D eigenvalue weighted by Gasteiger charge is -2.23. The molecule has 1 saturated heterocycles. The number of fused-ring (bicyclic) bond motifs is 1. The van der Waals surface area contributed by atoms with Crippen LogP contribution in [-0.2, 0) is 22.6 Å². The number of ketones is 1. The highest BCUT2D eigenvalue weighted by Crippen LogP contribution is 2.29. The van der Waals surface area contributed by atoms with E-state index in [-0.39, 0.29) is 37.4 Å². The quantitative estimate of drug-likeness (QED) is 0.603. The summed E-state index contributed by atoms with van der Waals surface area (Å²) in [5, 5.41) is 4.60. The third-order valence-corrected chi connectivity index (χ3v) is 6.59. The fraction of sp³-hybridized carbons (Fsp3) is 0.350. The van der Waals surface area contributed by atoms with Gasteiger partial charge in [-0.1, -0.05) is 11.6 Å². The third-order valence-electron chi connectivity index (χ3n) is 5.37. The first-order valence-electron chi connectivity index (χ1n) is 9.56. The number of likely N-dealkylation sites (tertiary alicyclic amines) is 1. The van der Waals surface area contributed by atoms with Gasteiger partial charge in [0.05, 0.1) is 28.6 Å². The lowest BCUT2D eigenvalue weighted by Crippen LogP contribution is -2.43. The van der Waals surface area contributed by atoms with Crippen LogP contribution >= 0.6 is 22.9 Å². The Morgan fingerprint density at radius 2 is 2.16 bits per heavy atom. The predicted molar refractivity (Wildman–Crippen MR) is 114 cm³/mol. The van der Waals surface area contributed by atoms with Gasteiger partial charge in [0, 0.05) is 29.3 Å². The molecule has 0 radical (unpaired) electrons. The normalized spacial score (nSPS) is 18.6. The third kappa shape index (κ3) is 4.17. The van der Waals surface area contributed by atoms with Crippen molar-refractivity contribution < 1.29 is 18.8 Å². The van der Waals surface area contributed by atoms with Crippen molar-refractivity contribution in [2.75, 3.05) is 6.54 Å². The van der Waals surface area contributed by atoms with E-state index in [4.69, 9.17) is 17.3 Å². The smallest absolute Gasteiger partial charge is 0.269 e. The van der Waals surface area contributed by atoms with E-state index >= 15 is 0 Å². The van der Waals surface area contributed by atoms with Gasteiger partial charge >= 0.3 is 0 Å². The van der Waals surface area contributed by atoms with Gasteiger partial charge in [-0.15, -0.1) is 11.3 Å². The summed E-state index contributed by atoms with van der Waals surface area (Å²) in [6.07, 6.45) is 1.70. The summed E-state index contributed by atoms with van der Waals surface area (Å²) in [7, 11) is 0. The highest BCUT2D eigenvalue weighted by Gasteiger charge is 2.39. The van der Waals surface area contributed by atoms with Gasteiger partial charge in [-0.25, -0.2) is 4.39 Å². The van der Waals surface area contributed by atoms with Gasteiger partial charge in [-0.05, 0) is 24.6 Å². The van der Waals surface area contributed by atoms with E-state index in [2.05, 4.69) is 10.1 Å². The average Bonchev–Trinajstić information content (AvgIpc) is 3.37. The number of rotatable bonds is 6. The predicted octanol–water partition coefficient (Wildman–Crippen LogP) is 2.30. The Balaban J connectivity index is 1.56. The summed E-state index contributed by atoms with van der Waals surface area (Å²) in [5.74, 6) is -1.44. The molecule has 0 aromatic carbocycles. The fourth-order valence-electron chi connectivity index (χ4n) is 3.87. The van der Waals surface area contributed by atoms with E-state index < -0.39 is 24.0 Å². The Morgan fingerprint density at radius 1 is 1.39 bits per heavy atom. The Bertz CT molecular complexity index is 1190. The van der Waals surface area contributed by atoms with E-state index in [1.165, 1.54) is 33.3 Å². The Labute approximate surface area is 185 Å². The molecule has 0 bridgehead atoms. The molecule has 4 rings (SSSR count). The monoisotopic (exact) mass is 463 g/mol. The minimum absolute atomic E-state index is 0.0208. The molecule has 0 unspecified atom stereocenters. The molecule has 8 nitrogen and oxygen atoms in total. The number of carbonyl (C=O) groups is 3. The molecule has 4 heterocycles. The molecule has 2 atom stereocenters. The molecule has 3 aromatic rings. The maximum atomic E-state index is 14.2.